The molecule has 2 nitrogen and oxygen atoms in total. The Morgan fingerprint density at radius 2 is 2.00 bits per heavy atom. The molecule has 0 atom stereocenters. The van der Waals surface area contributed by atoms with Crippen molar-refractivity contribution in [1.82, 2.24) is 4.98 Å². The number of rotatable bonds is 3. The molecular formula is C13H8BrCl2NO. The molecule has 5 heteroatoms. The molecule has 92 valence electrons. The lowest BCUT2D eigenvalue weighted by atomic mass is 10.1. The highest BCUT2D eigenvalue weighted by molar-refractivity contribution is 9.10. The van der Waals surface area contributed by atoms with Crippen molar-refractivity contribution in [3.05, 3.63) is 62.3 Å². The van der Waals surface area contributed by atoms with E-state index in [2.05, 4.69) is 20.9 Å². The van der Waals surface area contributed by atoms with Crippen LogP contribution in [-0.4, -0.2) is 10.8 Å². The molecule has 18 heavy (non-hydrogen) atoms. The van der Waals surface area contributed by atoms with Gasteiger partial charge in [0.25, 0.3) is 0 Å². The summed E-state index contributed by atoms with van der Waals surface area (Å²) in [7, 11) is 0. The van der Waals surface area contributed by atoms with Gasteiger partial charge in [0.2, 0.25) is 0 Å². The van der Waals surface area contributed by atoms with Crippen LogP contribution in [0.1, 0.15) is 16.1 Å². The minimum absolute atomic E-state index is 0.0910. The average molecular weight is 345 g/mol. The molecule has 0 fully saturated rings. The van der Waals surface area contributed by atoms with Gasteiger partial charge in [0.1, 0.15) is 5.69 Å². The van der Waals surface area contributed by atoms with Crippen molar-refractivity contribution in [2.45, 2.75) is 6.42 Å². The van der Waals surface area contributed by atoms with Crippen LogP contribution in [0.15, 0.2) is 41.0 Å². The van der Waals surface area contributed by atoms with Gasteiger partial charge >= 0.3 is 0 Å². The third-order valence-electron chi connectivity index (χ3n) is 2.40. The lowest BCUT2D eigenvalue weighted by molar-refractivity contribution is 0.0988. The van der Waals surface area contributed by atoms with E-state index in [1.165, 1.54) is 0 Å². The normalized spacial score (nSPS) is 10.4. The minimum Gasteiger partial charge on any atom is -0.292 e. The first-order chi connectivity index (χ1) is 8.58. The monoisotopic (exact) mass is 343 g/mol. The Morgan fingerprint density at radius 1 is 1.22 bits per heavy atom. The molecule has 0 spiro atoms. The first-order valence-electron chi connectivity index (χ1n) is 5.15. The maximum Gasteiger partial charge on any atom is 0.185 e. The molecule has 0 radical (unpaired) electrons. The predicted molar refractivity (Wildman–Crippen MR) is 76.4 cm³/mol. The van der Waals surface area contributed by atoms with Crippen molar-refractivity contribution in [3.63, 3.8) is 0 Å². The van der Waals surface area contributed by atoms with Crippen LogP contribution in [0.2, 0.25) is 10.0 Å². The first kappa shape index (κ1) is 13.5. The predicted octanol–water partition coefficient (Wildman–Crippen LogP) is 4.58. The largest absolute Gasteiger partial charge is 0.292 e. The fourth-order valence-electron chi connectivity index (χ4n) is 1.49. The summed E-state index contributed by atoms with van der Waals surface area (Å²) in [5.41, 5.74) is 1.12. The summed E-state index contributed by atoms with van der Waals surface area (Å²) in [6.45, 7) is 0. The minimum atomic E-state index is -0.0910. The Balaban J connectivity index is 2.21. The Labute approximate surface area is 123 Å². The number of benzene rings is 1. The molecule has 0 unspecified atom stereocenters. The molecule has 0 aliphatic rings. The molecule has 0 N–H and O–H groups in total. The van der Waals surface area contributed by atoms with E-state index in [-0.39, 0.29) is 12.2 Å². The zero-order valence-corrected chi connectivity index (χ0v) is 12.3. The van der Waals surface area contributed by atoms with Crippen LogP contribution in [0.3, 0.4) is 0 Å². The number of ketones is 1. The lowest BCUT2D eigenvalue weighted by Crippen LogP contribution is -2.06. The smallest absolute Gasteiger partial charge is 0.185 e. The highest BCUT2D eigenvalue weighted by Gasteiger charge is 2.12. The lowest BCUT2D eigenvalue weighted by Gasteiger charge is -2.04. The molecule has 2 rings (SSSR count). The van der Waals surface area contributed by atoms with Crippen molar-refractivity contribution in [1.29, 1.82) is 0 Å². The van der Waals surface area contributed by atoms with E-state index in [1.807, 2.05) is 0 Å². The summed E-state index contributed by atoms with van der Waals surface area (Å²) in [6.07, 6.45) is 1.78. The maximum atomic E-state index is 12.0. The van der Waals surface area contributed by atoms with E-state index in [4.69, 9.17) is 23.2 Å². The second-order valence-corrected chi connectivity index (χ2v) is 5.38. The quantitative estimate of drug-likeness (QED) is 0.763. The van der Waals surface area contributed by atoms with Gasteiger partial charge in [0.05, 0.1) is 10.0 Å². The second kappa shape index (κ2) is 5.83. The van der Waals surface area contributed by atoms with Gasteiger partial charge in [-0.1, -0.05) is 35.3 Å². The molecule has 0 amide bonds. The molecule has 0 aliphatic carbocycles. The van der Waals surface area contributed by atoms with Gasteiger partial charge < -0.3 is 0 Å². The van der Waals surface area contributed by atoms with Gasteiger partial charge in [-0.3, -0.25) is 9.78 Å². The Bertz CT molecular complexity index is 584. The number of nitrogens with zero attached hydrogens (tertiary/aromatic N) is 1. The molecular weight excluding hydrogens is 337 g/mol. The molecule has 0 bridgehead atoms. The molecule has 2 aromatic rings. The summed E-state index contributed by atoms with van der Waals surface area (Å²) < 4.78 is 0.833. The maximum absolute atomic E-state index is 12.0. The summed E-state index contributed by atoms with van der Waals surface area (Å²) in [5.74, 6) is -0.0910. The molecule has 1 heterocycles. The van der Waals surface area contributed by atoms with Crippen molar-refractivity contribution in [2.75, 3.05) is 0 Å². The number of Topliss-reactive ketones (excluding diaryl/α,β-unsaturated/α-hetero) is 1. The molecule has 0 saturated carbocycles. The summed E-state index contributed by atoms with van der Waals surface area (Å²) in [5, 5.41) is 0.871. The van der Waals surface area contributed by atoms with Gasteiger partial charge in [-0.15, -0.1) is 0 Å². The molecule has 0 aliphatic heterocycles. The molecule has 0 saturated heterocycles. The zero-order valence-electron chi connectivity index (χ0n) is 9.16. The number of halogens is 3. The summed E-state index contributed by atoms with van der Waals surface area (Å²) in [6, 6.07) is 8.69. The summed E-state index contributed by atoms with van der Waals surface area (Å²) >= 11 is 15.2. The van der Waals surface area contributed by atoms with Gasteiger partial charge in [0.15, 0.2) is 5.78 Å². The molecule has 1 aromatic carbocycles. The number of hydrogen-bond acceptors (Lipinski definition) is 2. The topological polar surface area (TPSA) is 30.0 Å². The highest BCUT2D eigenvalue weighted by atomic mass is 79.9. The van der Waals surface area contributed by atoms with Crippen LogP contribution in [0.5, 0.6) is 0 Å². The number of hydrogen-bond donors (Lipinski definition) is 0. The van der Waals surface area contributed by atoms with Crippen LogP contribution in [0, 0.1) is 0 Å². The number of carbonyl (C=O) groups is 1. The van der Waals surface area contributed by atoms with Crippen molar-refractivity contribution in [3.8, 4) is 0 Å². The van der Waals surface area contributed by atoms with E-state index in [0.29, 0.717) is 21.3 Å². The van der Waals surface area contributed by atoms with Gasteiger partial charge in [-0.25, -0.2) is 0 Å². The summed E-state index contributed by atoms with van der Waals surface area (Å²) in [4.78, 5) is 16.1. The number of aromatic nitrogens is 1. The molecule has 1 aromatic heterocycles. The zero-order chi connectivity index (χ0) is 13.1. The average Bonchev–Trinajstić information content (AvgIpc) is 2.36. The van der Waals surface area contributed by atoms with Crippen LogP contribution >= 0.6 is 39.1 Å². The van der Waals surface area contributed by atoms with E-state index in [0.717, 1.165) is 4.47 Å². The Kier molecular flexibility index (Phi) is 4.38. The van der Waals surface area contributed by atoms with Crippen molar-refractivity contribution >= 4 is 44.9 Å². The van der Waals surface area contributed by atoms with Crippen LogP contribution < -0.4 is 0 Å². The number of pyridine rings is 1. The van der Waals surface area contributed by atoms with Crippen molar-refractivity contribution in [2.24, 2.45) is 0 Å². The standard InChI is InChI=1S/C13H8BrCl2NO/c14-9-4-5-11(17-7-9)12(18)6-8-2-1-3-10(15)13(8)16/h1-5,7H,6H2. The highest BCUT2D eigenvalue weighted by Crippen LogP contribution is 2.26. The first-order valence-corrected chi connectivity index (χ1v) is 6.70. The fraction of sp³-hybridized carbons (Fsp3) is 0.0769. The van der Waals surface area contributed by atoms with E-state index in [9.17, 15) is 4.79 Å². The van der Waals surface area contributed by atoms with Crippen LogP contribution in [-0.2, 0) is 6.42 Å². The van der Waals surface area contributed by atoms with E-state index in [1.54, 1.807) is 36.5 Å². The third-order valence-corrected chi connectivity index (χ3v) is 3.72. The van der Waals surface area contributed by atoms with Gasteiger partial charge in [-0.2, -0.15) is 0 Å². The second-order valence-electron chi connectivity index (χ2n) is 3.67. The Morgan fingerprint density at radius 3 is 2.67 bits per heavy atom. The van der Waals surface area contributed by atoms with Gasteiger partial charge in [0, 0.05) is 17.1 Å². The fourth-order valence-corrected chi connectivity index (χ4v) is 2.11. The third kappa shape index (κ3) is 3.10. The van der Waals surface area contributed by atoms with Crippen molar-refractivity contribution < 1.29 is 4.79 Å². The Hall–Kier alpha value is -0.900. The van der Waals surface area contributed by atoms with E-state index >= 15 is 0 Å². The van der Waals surface area contributed by atoms with Gasteiger partial charge in [-0.05, 0) is 39.7 Å². The number of carbonyl (C=O) groups excluding carboxylic acids is 1. The SMILES string of the molecule is O=C(Cc1cccc(Cl)c1Cl)c1ccc(Br)cn1. The van der Waals surface area contributed by atoms with E-state index < -0.39 is 0 Å². The van der Waals surface area contributed by atoms with Crippen LogP contribution in [0.4, 0.5) is 0 Å². The van der Waals surface area contributed by atoms with Crippen LogP contribution in [0.25, 0.3) is 0 Å².